The zero-order valence-corrected chi connectivity index (χ0v) is 13.0. The number of hydrogen-bond donors (Lipinski definition) is 2. The standard InChI is InChI=1S/C17H25N3O2/c21-12-13-7-10-20(11-8-13)16-15(6-3-9-18-16)19-17(22)14-4-1-2-5-14/h3,6,9,13-14,21H,1-2,4-5,7-8,10-12H2,(H,19,22). The van der Waals surface area contributed by atoms with E-state index in [9.17, 15) is 9.90 Å². The molecule has 22 heavy (non-hydrogen) atoms. The summed E-state index contributed by atoms with van der Waals surface area (Å²) in [6, 6.07) is 3.81. The van der Waals surface area contributed by atoms with Gasteiger partial charge in [0.25, 0.3) is 0 Å². The van der Waals surface area contributed by atoms with Gasteiger partial charge in [0.15, 0.2) is 5.82 Å². The monoisotopic (exact) mass is 303 g/mol. The zero-order valence-electron chi connectivity index (χ0n) is 13.0. The molecule has 0 radical (unpaired) electrons. The van der Waals surface area contributed by atoms with Gasteiger partial charge in [-0.3, -0.25) is 4.79 Å². The lowest BCUT2D eigenvalue weighted by Crippen LogP contribution is -2.36. The largest absolute Gasteiger partial charge is 0.396 e. The van der Waals surface area contributed by atoms with Crippen molar-refractivity contribution in [3.63, 3.8) is 0 Å². The number of aliphatic hydroxyl groups is 1. The van der Waals surface area contributed by atoms with Gasteiger partial charge >= 0.3 is 0 Å². The summed E-state index contributed by atoms with van der Waals surface area (Å²) in [5, 5.41) is 12.3. The second-order valence-electron chi connectivity index (χ2n) is 6.46. The van der Waals surface area contributed by atoms with Crippen LogP contribution < -0.4 is 10.2 Å². The number of nitrogens with one attached hydrogen (secondary N) is 1. The van der Waals surface area contributed by atoms with Gasteiger partial charge in [-0.15, -0.1) is 0 Å². The van der Waals surface area contributed by atoms with Crippen molar-refractivity contribution in [2.75, 3.05) is 29.9 Å². The van der Waals surface area contributed by atoms with Crippen molar-refractivity contribution >= 4 is 17.4 Å². The molecule has 1 aromatic rings. The lowest BCUT2D eigenvalue weighted by molar-refractivity contribution is -0.119. The fourth-order valence-corrected chi connectivity index (χ4v) is 3.50. The molecule has 120 valence electrons. The second-order valence-corrected chi connectivity index (χ2v) is 6.46. The summed E-state index contributed by atoms with van der Waals surface area (Å²) in [4.78, 5) is 19.1. The van der Waals surface area contributed by atoms with E-state index in [0.717, 1.165) is 63.1 Å². The summed E-state index contributed by atoms with van der Waals surface area (Å²) in [6.07, 6.45) is 8.05. The third-order valence-corrected chi connectivity index (χ3v) is 4.94. The Bertz CT molecular complexity index is 506. The van der Waals surface area contributed by atoms with Crippen LogP contribution in [0.2, 0.25) is 0 Å². The smallest absolute Gasteiger partial charge is 0.227 e. The molecule has 2 fully saturated rings. The van der Waals surface area contributed by atoms with E-state index in [1.54, 1.807) is 6.20 Å². The molecule has 0 unspecified atom stereocenters. The summed E-state index contributed by atoms with van der Waals surface area (Å²) < 4.78 is 0. The SMILES string of the molecule is O=C(Nc1cccnc1N1CCC(CO)CC1)C1CCCC1. The van der Waals surface area contributed by atoms with Gasteiger partial charge in [0.2, 0.25) is 5.91 Å². The molecule has 1 aliphatic carbocycles. The first kappa shape index (κ1) is 15.3. The number of hydrogen-bond acceptors (Lipinski definition) is 4. The number of nitrogens with zero attached hydrogens (tertiary/aromatic N) is 2. The molecular weight excluding hydrogens is 278 g/mol. The maximum Gasteiger partial charge on any atom is 0.227 e. The van der Waals surface area contributed by atoms with Gasteiger partial charge in [-0.1, -0.05) is 12.8 Å². The molecule has 0 bridgehead atoms. The van der Waals surface area contributed by atoms with E-state index < -0.39 is 0 Å². The Morgan fingerprint density at radius 3 is 2.68 bits per heavy atom. The van der Waals surface area contributed by atoms with Gasteiger partial charge in [0, 0.05) is 31.8 Å². The van der Waals surface area contributed by atoms with Crippen LogP contribution in [-0.2, 0) is 4.79 Å². The maximum atomic E-state index is 12.4. The molecule has 0 spiro atoms. The predicted molar refractivity (Wildman–Crippen MR) is 86.8 cm³/mol. The summed E-state index contributed by atoms with van der Waals surface area (Å²) in [7, 11) is 0. The molecule has 0 aromatic carbocycles. The van der Waals surface area contributed by atoms with Crippen LogP contribution in [0.5, 0.6) is 0 Å². The third-order valence-electron chi connectivity index (χ3n) is 4.94. The van der Waals surface area contributed by atoms with E-state index in [1.165, 1.54) is 0 Å². The summed E-state index contributed by atoms with van der Waals surface area (Å²) in [5.41, 5.74) is 0.821. The molecule has 5 nitrogen and oxygen atoms in total. The maximum absolute atomic E-state index is 12.4. The van der Waals surface area contributed by atoms with Crippen molar-refractivity contribution in [2.24, 2.45) is 11.8 Å². The number of carbonyl (C=O) groups is 1. The highest BCUT2D eigenvalue weighted by molar-refractivity contribution is 5.95. The van der Waals surface area contributed by atoms with Crippen molar-refractivity contribution in [3.05, 3.63) is 18.3 Å². The van der Waals surface area contributed by atoms with E-state index in [1.807, 2.05) is 12.1 Å². The van der Waals surface area contributed by atoms with Crippen LogP contribution in [0, 0.1) is 11.8 Å². The highest BCUT2D eigenvalue weighted by Gasteiger charge is 2.25. The minimum absolute atomic E-state index is 0.136. The molecule has 1 aromatic heterocycles. The minimum atomic E-state index is 0.136. The number of rotatable bonds is 4. The highest BCUT2D eigenvalue weighted by atomic mass is 16.3. The Hall–Kier alpha value is -1.62. The predicted octanol–water partition coefficient (Wildman–Crippen LogP) is 2.42. The number of anilines is 2. The number of aliphatic hydroxyl groups excluding tert-OH is 1. The van der Waals surface area contributed by atoms with Crippen LogP contribution in [0.3, 0.4) is 0 Å². The molecule has 2 heterocycles. The van der Waals surface area contributed by atoms with Gasteiger partial charge < -0.3 is 15.3 Å². The third kappa shape index (κ3) is 3.40. The van der Waals surface area contributed by atoms with Gasteiger partial charge in [0.05, 0.1) is 5.69 Å². The first-order valence-corrected chi connectivity index (χ1v) is 8.39. The van der Waals surface area contributed by atoms with Gasteiger partial charge in [-0.05, 0) is 43.7 Å². The Balaban J connectivity index is 1.68. The van der Waals surface area contributed by atoms with Crippen molar-refractivity contribution in [3.8, 4) is 0 Å². The lowest BCUT2D eigenvalue weighted by atomic mass is 9.98. The topological polar surface area (TPSA) is 65.5 Å². The molecule has 1 saturated heterocycles. The van der Waals surface area contributed by atoms with Crippen LogP contribution in [-0.4, -0.2) is 35.7 Å². The average Bonchev–Trinajstić information content (AvgIpc) is 3.10. The van der Waals surface area contributed by atoms with Crippen LogP contribution in [0.15, 0.2) is 18.3 Å². The van der Waals surface area contributed by atoms with Crippen molar-refractivity contribution in [1.82, 2.24) is 4.98 Å². The van der Waals surface area contributed by atoms with Gasteiger partial charge in [0.1, 0.15) is 0 Å². The van der Waals surface area contributed by atoms with E-state index in [0.29, 0.717) is 5.92 Å². The molecule has 1 amide bonds. The number of amides is 1. The van der Waals surface area contributed by atoms with Crippen LogP contribution in [0.25, 0.3) is 0 Å². The normalized spacial score (nSPS) is 20.3. The first-order valence-electron chi connectivity index (χ1n) is 8.39. The Morgan fingerprint density at radius 1 is 1.27 bits per heavy atom. The summed E-state index contributed by atoms with van der Waals surface area (Å²) >= 11 is 0. The molecule has 3 rings (SSSR count). The first-order chi connectivity index (χ1) is 10.8. The fraction of sp³-hybridized carbons (Fsp3) is 0.647. The second kappa shape index (κ2) is 7.09. The zero-order chi connectivity index (χ0) is 15.4. The van der Waals surface area contributed by atoms with E-state index in [-0.39, 0.29) is 18.4 Å². The average molecular weight is 303 g/mol. The van der Waals surface area contributed by atoms with E-state index >= 15 is 0 Å². The molecule has 5 heteroatoms. The molecule has 1 saturated carbocycles. The van der Waals surface area contributed by atoms with Gasteiger partial charge in [-0.2, -0.15) is 0 Å². The van der Waals surface area contributed by atoms with Crippen LogP contribution in [0.1, 0.15) is 38.5 Å². The van der Waals surface area contributed by atoms with E-state index in [4.69, 9.17) is 0 Å². The van der Waals surface area contributed by atoms with Crippen molar-refractivity contribution < 1.29 is 9.90 Å². The van der Waals surface area contributed by atoms with Crippen molar-refractivity contribution in [2.45, 2.75) is 38.5 Å². The number of carbonyl (C=O) groups excluding carboxylic acids is 1. The Labute approximate surface area is 131 Å². The molecule has 2 aliphatic rings. The Kier molecular flexibility index (Phi) is 4.93. The minimum Gasteiger partial charge on any atom is -0.396 e. The number of aromatic nitrogens is 1. The number of pyridine rings is 1. The van der Waals surface area contributed by atoms with Crippen LogP contribution in [0.4, 0.5) is 11.5 Å². The molecule has 1 aliphatic heterocycles. The summed E-state index contributed by atoms with van der Waals surface area (Å²) in [5.74, 6) is 1.56. The fourth-order valence-electron chi connectivity index (χ4n) is 3.50. The summed E-state index contributed by atoms with van der Waals surface area (Å²) in [6.45, 7) is 2.03. The van der Waals surface area contributed by atoms with Crippen molar-refractivity contribution in [1.29, 1.82) is 0 Å². The quantitative estimate of drug-likeness (QED) is 0.896. The molecule has 0 atom stereocenters. The van der Waals surface area contributed by atoms with E-state index in [2.05, 4.69) is 15.2 Å². The van der Waals surface area contributed by atoms with Crippen LogP contribution >= 0.6 is 0 Å². The highest BCUT2D eigenvalue weighted by Crippen LogP contribution is 2.30. The molecular formula is C17H25N3O2. The van der Waals surface area contributed by atoms with Gasteiger partial charge in [-0.25, -0.2) is 4.98 Å². The number of piperidine rings is 1. The lowest BCUT2D eigenvalue weighted by Gasteiger charge is -2.33. The Morgan fingerprint density at radius 2 is 2.00 bits per heavy atom. The molecule has 2 N–H and O–H groups in total.